The minimum Gasteiger partial charge on any atom is -0.425 e. The molecule has 1 heterocycles. The molecule has 114 valence electrons. The number of hydrogen-bond donors (Lipinski definition) is 0. The Morgan fingerprint density at radius 3 is 2.57 bits per heavy atom. The standard InChI is InChI=1S/C12H12F2N2O5/c13-12(14)21-11-9(15-3-5-20-6-4-15)2-1-8(7-17)10(11)16(18)19/h1-2,7,12H,3-6H2. The molecule has 9 heteroatoms. The Labute approximate surface area is 118 Å². The number of rotatable bonds is 5. The van der Waals surface area contributed by atoms with Crippen LogP contribution in [0.1, 0.15) is 10.4 Å². The van der Waals surface area contributed by atoms with Crippen LogP contribution in [0.15, 0.2) is 12.1 Å². The zero-order valence-electron chi connectivity index (χ0n) is 10.8. The third-order valence-corrected chi connectivity index (χ3v) is 3.01. The van der Waals surface area contributed by atoms with Gasteiger partial charge in [0.1, 0.15) is 0 Å². The molecular weight excluding hydrogens is 290 g/mol. The average molecular weight is 302 g/mol. The van der Waals surface area contributed by atoms with E-state index >= 15 is 0 Å². The van der Waals surface area contributed by atoms with E-state index in [4.69, 9.17) is 4.74 Å². The third kappa shape index (κ3) is 3.24. The first-order valence-electron chi connectivity index (χ1n) is 6.08. The summed E-state index contributed by atoms with van der Waals surface area (Å²) in [5.41, 5.74) is -0.919. The summed E-state index contributed by atoms with van der Waals surface area (Å²) in [4.78, 5) is 22.7. The van der Waals surface area contributed by atoms with Gasteiger partial charge in [0.25, 0.3) is 0 Å². The summed E-state index contributed by atoms with van der Waals surface area (Å²) in [5.74, 6) is -0.596. The Kier molecular flexibility index (Phi) is 4.63. The van der Waals surface area contributed by atoms with Crippen molar-refractivity contribution in [3.05, 3.63) is 27.8 Å². The summed E-state index contributed by atoms with van der Waals surface area (Å²) in [6.07, 6.45) is 0.236. The zero-order chi connectivity index (χ0) is 15.4. The highest BCUT2D eigenvalue weighted by molar-refractivity contribution is 5.87. The summed E-state index contributed by atoms with van der Waals surface area (Å²) < 4.78 is 34.6. The number of anilines is 1. The molecule has 0 saturated carbocycles. The van der Waals surface area contributed by atoms with E-state index < -0.39 is 23.0 Å². The number of carbonyl (C=O) groups is 1. The van der Waals surface area contributed by atoms with Crippen molar-refractivity contribution in [2.45, 2.75) is 6.61 Å². The molecule has 0 atom stereocenters. The first-order chi connectivity index (χ1) is 10.0. The topological polar surface area (TPSA) is 81.9 Å². The van der Waals surface area contributed by atoms with E-state index in [1.165, 1.54) is 12.1 Å². The van der Waals surface area contributed by atoms with Crippen LogP contribution in [0.25, 0.3) is 0 Å². The largest absolute Gasteiger partial charge is 0.425 e. The Hall–Kier alpha value is -2.29. The number of aldehydes is 1. The van der Waals surface area contributed by atoms with Gasteiger partial charge in [-0.05, 0) is 12.1 Å². The van der Waals surface area contributed by atoms with E-state index in [1.54, 1.807) is 4.90 Å². The number of hydrogen-bond acceptors (Lipinski definition) is 6. The summed E-state index contributed by atoms with van der Waals surface area (Å²) in [7, 11) is 0. The fourth-order valence-corrected chi connectivity index (χ4v) is 2.12. The van der Waals surface area contributed by atoms with Crippen molar-refractivity contribution in [1.82, 2.24) is 0 Å². The van der Waals surface area contributed by atoms with Crippen molar-refractivity contribution in [3.8, 4) is 5.75 Å². The predicted molar refractivity (Wildman–Crippen MR) is 68.1 cm³/mol. The summed E-state index contributed by atoms with van der Waals surface area (Å²) in [5, 5.41) is 11.1. The predicted octanol–water partition coefficient (Wildman–Crippen LogP) is 1.85. The summed E-state index contributed by atoms with van der Waals surface area (Å²) in [6, 6.07) is 2.58. The van der Waals surface area contributed by atoms with E-state index in [9.17, 15) is 23.7 Å². The molecule has 2 rings (SSSR count). The molecule has 0 unspecified atom stereocenters. The molecule has 1 aliphatic rings. The van der Waals surface area contributed by atoms with Crippen LogP contribution >= 0.6 is 0 Å². The lowest BCUT2D eigenvalue weighted by Crippen LogP contribution is -2.36. The number of nitrogens with zero attached hydrogens (tertiary/aromatic N) is 2. The zero-order valence-corrected chi connectivity index (χ0v) is 10.8. The second kappa shape index (κ2) is 6.44. The van der Waals surface area contributed by atoms with Gasteiger partial charge in [0.15, 0.2) is 6.29 Å². The molecule has 7 nitrogen and oxygen atoms in total. The molecule has 0 N–H and O–H groups in total. The molecule has 1 aromatic carbocycles. The number of ether oxygens (including phenoxy) is 2. The van der Waals surface area contributed by atoms with Gasteiger partial charge in [0.2, 0.25) is 5.75 Å². The van der Waals surface area contributed by atoms with Crippen LogP contribution < -0.4 is 9.64 Å². The Bertz CT molecular complexity index is 547. The summed E-state index contributed by atoms with van der Waals surface area (Å²) >= 11 is 0. The maximum atomic E-state index is 12.6. The second-order valence-corrected chi connectivity index (χ2v) is 4.20. The van der Waals surface area contributed by atoms with Gasteiger partial charge in [-0.1, -0.05) is 0 Å². The Morgan fingerprint density at radius 2 is 2.05 bits per heavy atom. The molecule has 1 aliphatic heterocycles. The highest BCUT2D eigenvalue weighted by Crippen LogP contribution is 2.40. The van der Waals surface area contributed by atoms with Gasteiger partial charge in [-0.2, -0.15) is 8.78 Å². The van der Waals surface area contributed by atoms with Crippen LogP contribution in [0.5, 0.6) is 5.75 Å². The van der Waals surface area contributed by atoms with Crippen molar-refractivity contribution >= 4 is 17.7 Å². The third-order valence-electron chi connectivity index (χ3n) is 3.01. The van der Waals surface area contributed by atoms with E-state index in [0.717, 1.165) is 0 Å². The monoisotopic (exact) mass is 302 g/mol. The number of carbonyl (C=O) groups excluding carboxylic acids is 1. The molecule has 1 aromatic rings. The van der Waals surface area contributed by atoms with Crippen molar-refractivity contribution in [3.63, 3.8) is 0 Å². The SMILES string of the molecule is O=Cc1ccc(N2CCOCC2)c(OC(F)F)c1[N+](=O)[O-]. The molecule has 0 amide bonds. The van der Waals surface area contributed by atoms with Gasteiger partial charge in [0.05, 0.1) is 29.4 Å². The number of halogens is 2. The molecule has 0 aliphatic carbocycles. The number of morpholine rings is 1. The van der Waals surface area contributed by atoms with E-state index in [1.807, 2.05) is 0 Å². The number of alkyl halides is 2. The van der Waals surface area contributed by atoms with Crippen molar-refractivity contribution < 1.29 is 28.0 Å². The molecule has 0 radical (unpaired) electrons. The Balaban J connectivity index is 2.54. The highest BCUT2D eigenvalue weighted by atomic mass is 19.3. The quantitative estimate of drug-likeness (QED) is 0.469. The van der Waals surface area contributed by atoms with E-state index in [-0.39, 0.29) is 17.5 Å². The molecule has 21 heavy (non-hydrogen) atoms. The number of nitro groups is 1. The summed E-state index contributed by atoms with van der Waals surface area (Å²) in [6.45, 7) is -1.71. The fourth-order valence-electron chi connectivity index (χ4n) is 2.12. The molecular formula is C12H12F2N2O5. The lowest BCUT2D eigenvalue weighted by Gasteiger charge is -2.30. The minimum absolute atomic E-state index is 0.149. The van der Waals surface area contributed by atoms with Crippen LogP contribution in [0.2, 0.25) is 0 Å². The van der Waals surface area contributed by atoms with E-state index in [2.05, 4.69) is 4.74 Å². The van der Waals surface area contributed by atoms with E-state index in [0.29, 0.717) is 26.3 Å². The van der Waals surface area contributed by atoms with Crippen LogP contribution in [-0.4, -0.2) is 44.1 Å². The van der Waals surface area contributed by atoms with Gasteiger partial charge in [-0.3, -0.25) is 14.9 Å². The van der Waals surface area contributed by atoms with Crippen molar-refractivity contribution in [2.75, 3.05) is 31.2 Å². The molecule has 0 spiro atoms. The van der Waals surface area contributed by atoms with Crippen LogP contribution in [0, 0.1) is 10.1 Å². The molecule has 0 aromatic heterocycles. The highest BCUT2D eigenvalue weighted by Gasteiger charge is 2.29. The van der Waals surface area contributed by atoms with Gasteiger partial charge in [-0.15, -0.1) is 0 Å². The van der Waals surface area contributed by atoms with Gasteiger partial charge in [-0.25, -0.2) is 0 Å². The Morgan fingerprint density at radius 1 is 1.38 bits per heavy atom. The van der Waals surface area contributed by atoms with Crippen LogP contribution in [0.4, 0.5) is 20.2 Å². The smallest absolute Gasteiger partial charge is 0.387 e. The fraction of sp³-hybridized carbons (Fsp3) is 0.417. The van der Waals surface area contributed by atoms with Crippen molar-refractivity contribution in [2.24, 2.45) is 0 Å². The second-order valence-electron chi connectivity index (χ2n) is 4.20. The molecule has 1 fully saturated rings. The van der Waals surface area contributed by atoms with Crippen LogP contribution in [-0.2, 0) is 4.74 Å². The molecule has 1 saturated heterocycles. The average Bonchev–Trinajstić information content (AvgIpc) is 2.46. The molecule has 0 bridgehead atoms. The van der Waals surface area contributed by atoms with Gasteiger partial charge < -0.3 is 14.4 Å². The normalized spacial score (nSPS) is 15.1. The van der Waals surface area contributed by atoms with Crippen LogP contribution in [0.3, 0.4) is 0 Å². The van der Waals surface area contributed by atoms with Crippen molar-refractivity contribution in [1.29, 1.82) is 0 Å². The lowest BCUT2D eigenvalue weighted by molar-refractivity contribution is -0.386. The maximum absolute atomic E-state index is 12.6. The first kappa shape index (κ1) is 15.1. The maximum Gasteiger partial charge on any atom is 0.387 e. The minimum atomic E-state index is -3.23. The lowest BCUT2D eigenvalue weighted by atomic mass is 10.1. The van der Waals surface area contributed by atoms with Gasteiger partial charge in [0, 0.05) is 13.1 Å². The number of nitro benzene ring substituents is 1. The first-order valence-corrected chi connectivity index (χ1v) is 6.08. The number of benzene rings is 1. The van der Waals surface area contributed by atoms with Gasteiger partial charge >= 0.3 is 12.3 Å².